The van der Waals surface area contributed by atoms with Crippen LogP contribution in [-0.2, 0) is 0 Å². The molecule has 0 aromatic carbocycles. The third-order valence-corrected chi connectivity index (χ3v) is 2.13. The van der Waals surface area contributed by atoms with E-state index in [0.29, 0.717) is 0 Å². The highest BCUT2D eigenvalue weighted by Crippen LogP contribution is 2.36. The maximum absolute atomic E-state index is 5.10. The second-order valence-electron chi connectivity index (χ2n) is 3.13. The number of nitrogens with one attached hydrogen (secondary N) is 1. The molecule has 1 aliphatic carbocycles. The highest BCUT2D eigenvalue weighted by atomic mass is 14.9. The summed E-state index contributed by atoms with van der Waals surface area (Å²) in [6.45, 7) is 4.45. The van der Waals surface area contributed by atoms with Crippen molar-refractivity contribution < 1.29 is 0 Å². The van der Waals surface area contributed by atoms with Gasteiger partial charge in [0.2, 0.25) is 0 Å². The molecule has 10 heavy (non-hydrogen) atoms. The predicted octanol–water partition coefficient (Wildman–Crippen LogP) is 1.26. The van der Waals surface area contributed by atoms with Crippen molar-refractivity contribution in [3.8, 4) is 12.3 Å². The van der Waals surface area contributed by atoms with Gasteiger partial charge in [0.15, 0.2) is 0 Å². The van der Waals surface area contributed by atoms with E-state index in [0.717, 1.165) is 24.8 Å². The monoisotopic (exact) mass is 137 g/mol. The zero-order chi connectivity index (χ0) is 7.40. The summed E-state index contributed by atoms with van der Waals surface area (Å²) in [7, 11) is 0. The molecule has 0 aromatic rings. The minimum absolute atomic E-state index is 0.862. The topological polar surface area (TPSA) is 12.0 Å². The summed E-state index contributed by atoms with van der Waals surface area (Å²) < 4.78 is 0. The van der Waals surface area contributed by atoms with Crippen molar-refractivity contribution in [2.45, 2.75) is 19.8 Å². The fourth-order valence-corrected chi connectivity index (χ4v) is 1.13. The van der Waals surface area contributed by atoms with Crippen LogP contribution >= 0.6 is 0 Å². The quantitative estimate of drug-likeness (QED) is 0.454. The zero-order valence-corrected chi connectivity index (χ0v) is 6.56. The first-order chi connectivity index (χ1) is 4.84. The van der Waals surface area contributed by atoms with E-state index >= 15 is 0 Å². The number of terminal acetylenes is 1. The highest BCUT2D eigenvalue weighted by Gasteiger charge is 2.31. The van der Waals surface area contributed by atoms with Gasteiger partial charge in [0.1, 0.15) is 0 Å². The van der Waals surface area contributed by atoms with Crippen molar-refractivity contribution in [2.75, 3.05) is 13.1 Å². The number of hydrogen-bond donors (Lipinski definition) is 1. The van der Waals surface area contributed by atoms with Gasteiger partial charge in [-0.15, -0.1) is 12.3 Å². The van der Waals surface area contributed by atoms with E-state index in [1.807, 2.05) is 0 Å². The van der Waals surface area contributed by atoms with Crippen molar-refractivity contribution >= 4 is 0 Å². The van der Waals surface area contributed by atoms with E-state index in [4.69, 9.17) is 6.42 Å². The van der Waals surface area contributed by atoms with E-state index in [-0.39, 0.29) is 0 Å². The van der Waals surface area contributed by atoms with Crippen LogP contribution in [0.15, 0.2) is 0 Å². The van der Waals surface area contributed by atoms with E-state index in [2.05, 4.69) is 18.2 Å². The first kappa shape index (κ1) is 7.63. The van der Waals surface area contributed by atoms with Crippen LogP contribution in [0.2, 0.25) is 0 Å². The Balaban J connectivity index is 1.83. The molecule has 1 N–H and O–H groups in total. The van der Waals surface area contributed by atoms with Gasteiger partial charge in [-0.25, -0.2) is 0 Å². The molecular weight excluding hydrogens is 122 g/mol. The van der Waals surface area contributed by atoms with Crippen LogP contribution in [0.1, 0.15) is 19.8 Å². The second kappa shape index (κ2) is 3.63. The Morgan fingerprint density at radius 2 is 2.40 bits per heavy atom. The summed E-state index contributed by atoms with van der Waals surface area (Å²) in [6.07, 6.45) is 7.37. The lowest BCUT2D eigenvalue weighted by molar-refractivity contribution is 0.619. The van der Waals surface area contributed by atoms with Crippen molar-refractivity contribution in [1.82, 2.24) is 5.32 Å². The van der Waals surface area contributed by atoms with Gasteiger partial charge in [0, 0.05) is 13.0 Å². The first-order valence-electron chi connectivity index (χ1n) is 3.98. The summed E-state index contributed by atoms with van der Waals surface area (Å²) in [6, 6.07) is 0. The van der Waals surface area contributed by atoms with Crippen LogP contribution in [0.25, 0.3) is 0 Å². The number of hydrogen-bond acceptors (Lipinski definition) is 1. The minimum atomic E-state index is 0.862. The molecule has 0 aromatic heterocycles. The van der Waals surface area contributed by atoms with Gasteiger partial charge in [0.25, 0.3) is 0 Å². The molecule has 2 unspecified atom stereocenters. The molecule has 0 spiro atoms. The summed E-state index contributed by atoms with van der Waals surface area (Å²) in [5.74, 6) is 4.51. The van der Waals surface area contributed by atoms with Crippen LogP contribution in [0, 0.1) is 24.2 Å². The van der Waals surface area contributed by atoms with Crippen LogP contribution in [0.4, 0.5) is 0 Å². The molecule has 0 heterocycles. The van der Waals surface area contributed by atoms with Gasteiger partial charge in [0.05, 0.1) is 0 Å². The van der Waals surface area contributed by atoms with Crippen LogP contribution in [0.3, 0.4) is 0 Å². The average Bonchev–Trinajstić information content (AvgIpc) is 2.60. The molecule has 1 heteroatoms. The summed E-state index contributed by atoms with van der Waals surface area (Å²) >= 11 is 0. The predicted molar refractivity (Wildman–Crippen MR) is 43.6 cm³/mol. The largest absolute Gasteiger partial charge is 0.315 e. The third kappa shape index (κ3) is 2.41. The fraction of sp³-hybridized carbons (Fsp3) is 0.778. The molecule has 1 rings (SSSR count). The molecule has 0 radical (unpaired) electrons. The lowest BCUT2D eigenvalue weighted by Gasteiger charge is -1.98. The summed E-state index contributed by atoms with van der Waals surface area (Å²) in [5.41, 5.74) is 0. The zero-order valence-electron chi connectivity index (χ0n) is 6.56. The van der Waals surface area contributed by atoms with E-state index in [1.54, 1.807) is 0 Å². The van der Waals surface area contributed by atoms with Crippen LogP contribution in [-0.4, -0.2) is 13.1 Å². The Hall–Kier alpha value is -0.480. The Bertz CT molecular complexity index is 134. The molecular formula is C9H15N. The molecule has 1 aliphatic rings. The van der Waals surface area contributed by atoms with Crippen molar-refractivity contribution in [3.63, 3.8) is 0 Å². The molecule has 2 atom stereocenters. The lowest BCUT2D eigenvalue weighted by Crippen LogP contribution is -2.18. The Morgan fingerprint density at radius 3 is 2.90 bits per heavy atom. The van der Waals surface area contributed by atoms with E-state index in [9.17, 15) is 0 Å². The SMILES string of the molecule is C#CCCNCC1CC1C. The van der Waals surface area contributed by atoms with Gasteiger partial charge in [-0.2, -0.15) is 0 Å². The summed E-state index contributed by atoms with van der Waals surface area (Å²) in [5, 5.41) is 3.34. The van der Waals surface area contributed by atoms with E-state index in [1.165, 1.54) is 13.0 Å². The second-order valence-corrected chi connectivity index (χ2v) is 3.13. The molecule has 0 saturated heterocycles. The molecule has 1 fully saturated rings. The molecule has 0 bridgehead atoms. The molecule has 1 saturated carbocycles. The minimum Gasteiger partial charge on any atom is -0.315 e. The summed E-state index contributed by atoms with van der Waals surface area (Å²) in [4.78, 5) is 0. The van der Waals surface area contributed by atoms with Gasteiger partial charge in [-0.05, 0) is 24.8 Å². The Kier molecular flexibility index (Phi) is 2.77. The average molecular weight is 137 g/mol. The first-order valence-corrected chi connectivity index (χ1v) is 3.98. The molecule has 0 amide bonds. The van der Waals surface area contributed by atoms with Gasteiger partial charge in [-0.1, -0.05) is 6.92 Å². The lowest BCUT2D eigenvalue weighted by atomic mass is 10.3. The molecule has 56 valence electrons. The Morgan fingerprint density at radius 1 is 1.70 bits per heavy atom. The highest BCUT2D eigenvalue weighted by molar-refractivity contribution is 4.86. The Labute approximate surface area is 63.2 Å². The van der Waals surface area contributed by atoms with Crippen molar-refractivity contribution in [3.05, 3.63) is 0 Å². The normalized spacial score (nSPS) is 29.6. The van der Waals surface area contributed by atoms with Crippen LogP contribution < -0.4 is 5.32 Å². The molecule has 0 aliphatic heterocycles. The standard InChI is InChI=1S/C9H15N/c1-3-4-5-10-7-9-6-8(9)2/h1,8-10H,4-7H2,2H3. The van der Waals surface area contributed by atoms with Gasteiger partial charge in [-0.3, -0.25) is 0 Å². The van der Waals surface area contributed by atoms with E-state index < -0.39 is 0 Å². The maximum atomic E-state index is 5.10. The van der Waals surface area contributed by atoms with Gasteiger partial charge < -0.3 is 5.32 Å². The smallest absolute Gasteiger partial charge is 0.0211 e. The fourth-order valence-electron chi connectivity index (χ4n) is 1.13. The molecule has 1 nitrogen and oxygen atoms in total. The van der Waals surface area contributed by atoms with Gasteiger partial charge >= 0.3 is 0 Å². The van der Waals surface area contributed by atoms with Crippen LogP contribution in [0.5, 0.6) is 0 Å². The van der Waals surface area contributed by atoms with Crippen molar-refractivity contribution in [2.24, 2.45) is 11.8 Å². The third-order valence-electron chi connectivity index (χ3n) is 2.13. The maximum Gasteiger partial charge on any atom is 0.0211 e. The van der Waals surface area contributed by atoms with Crippen molar-refractivity contribution in [1.29, 1.82) is 0 Å². The number of rotatable bonds is 4.